The molecule has 23 heavy (non-hydrogen) atoms. The average Bonchev–Trinajstić information content (AvgIpc) is 2.56. The lowest BCUT2D eigenvalue weighted by molar-refractivity contribution is -0.119. The maximum absolute atomic E-state index is 11.2. The first kappa shape index (κ1) is 15.4. The maximum Gasteiger partial charge on any atom is 0.231 e. The van der Waals surface area contributed by atoms with E-state index in [1.54, 1.807) is 18.6 Å². The number of hydrogen-bond donors (Lipinski definition) is 2. The molecule has 0 unspecified atom stereocenters. The molecule has 2 aromatic rings. The van der Waals surface area contributed by atoms with Crippen molar-refractivity contribution in [2.45, 2.75) is 18.8 Å². The Bertz CT molecular complexity index is 663. The molecule has 120 valence electrons. The molecule has 2 aromatic heterocycles. The Balaban J connectivity index is 1.78. The molecule has 1 aliphatic heterocycles. The Kier molecular flexibility index (Phi) is 4.77. The minimum Gasteiger partial charge on any atom is -0.369 e. The van der Waals surface area contributed by atoms with Gasteiger partial charge in [-0.3, -0.25) is 14.7 Å². The first-order chi connectivity index (χ1) is 11.2. The molecule has 0 saturated carbocycles. The topological polar surface area (TPSA) is 97.0 Å². The first-order valence-corrected chi connectivity index (χ1v) is 7.72. The highest BCUT2D eigenvalue weighted by molar-refractivity contribution is 5.75. The number of nitrogens with one attached hydrogen (secondary N) is 1. The summed E-state index contributed by atoms with van der Waals surface area (Å²) in [5, 5.41) is 3.23. The molecule has 0 radical (unpaired) electrons. The molecule has 1 atom stereocenters. The molecule has 0 aliphatic carbocycles. The summed E-state index contributed by atoms with van der Waals surface area (Å²) in [5.41, 5.74) is 6.22. The summed E-state index contributed by atoms with van der Waals surface area (Å²) in [7, 11) is 0. The highest BCUT2D eigenvalue weighted by Crippen LogP contribution is 2.30. The zero-order valence-electron chi connectivity index (χ0n) is 12.9. The van der Waals surface area contributed by atoms with E-state index in [1.807, 2.05) is 18.2 Å². The smallest absolute Gasteiger partial charge is 0.231 e. The number of carbonyl (C=O) groups excluding carboxylic acids is 1. The zero-order chi connectivity index (χ0) is 16.1. The number of nitrogens with zero attached hydrogens (tertiary/aromatic N) is 4. The molecule has 0 spiro atoms. The summed E-state index contributed by atoms with van der Waals surface area (Å²) in [4.78, 5) is 26.4. The van der Waals surface area contributed by atoms with Crippen LogP contribution in [0.25, 0.3) is 0 Å². The number of nitrogens with two attached hydrogens (primary N) is 1. The number of hydrogen-bond acceptors (Lipinski definition) is 6. The van der Waals surface area contributed by atoms with E-state index in [0.29, 0.717) is 6.54 Å². The minimum absolute atomic E-state index is 0.225. The number of rotatable bonds is 5. The summed E-state index contributed by atoms with van der Waals surface area (Å²) < 4.78 is 0. The Hall–Kier alpha value is -2.54. The van der Waals surface area contributed by atoms with Crippen LogP contribution in [0.2, 0.25) is 0 Å². The van der Waals surface area contributed by atoms with E-state index in [2.05, 4.69) is 25.2 Å². The van der Waals surface area contributed by atoms with Crippen molar-refractivity contribution >= 4 is 17.5 Å². The third kappa shape index (κ3) is 4.01. The summed E-state index contributed by atoms with van der Waals surface area (Å²) in [5.74, 6) is 1.39. The van der Waals surface area contributed by atoms with Gasteiger partial charge in [-0.05, 0) is 31.5 Å². The van der Waals surface area contributed by atoms with Crippen LogP contribution >= 0.6 is 0 Å². The van der Waals surface area contributed by atoms with E-state index in [1.165, 1.54) is 0 Å². The lowest BCUT2D eigenvalue weighted by atomic mass is 9.94. The fraction of sp³-hybridized carbons (Fsp3) is 0.375. The van der Waals surface area contributed by atoms with Crippen LogP contribution < -0.4 is 11.1 Å². The number of carbonyl (C=O) groups is 1. The van der Waals surface area contributed by atoms with Gasteiger partial charge in [0.2, 0.25) is 5.91 Å². The molecule has 0 aromatic carbocycles. The highest BCUT2D eigenvalue weighted by Gasteiger charge is 2.25. The van der Waals surface area contributed by atoms with Crippen LogP contribution in [0.5, 0.6) is 0 Å². The van der Waals surface area contributed by atoms with Crippen molar-refractivity contribution in [3.8, 4) is 0 Å². The molecular weight excluding hydrogens is 292 g/mol. The van der Waals surface area contributed by atoms with Gasteiger partial charge in [-0.2, -0.15) is 0 Å². The molecule has 7 nitrogen and oxygen atoms in total. The number of piperidine rings is 1. The van der Waals surface area contributed by atoms with E-state index in [4.69, 9.17) is 5.73 Å². The van der Waals surface area contributed by atoms with Gasteiger partial charge >= 0.3 is 0 Å². The van der Waals surface area contributed by atoms with E-state index < -0.39 is 0 Å². The van der Waals surface area contributed by atoms with E-state index in [0.717, 1.165) is 43.3 Å². The number of primary amides is 1. The van der Waals surface area contributed by atoms with Crippen LogP contribution in [-0.2, 0) is 4.79 Å². The molecular formula is C16H20N6O. The number of anilines is 2. The van der Waals surface area contributed by atoms with Gasteiger partial charge in [0.25, 0.3) is 0 Å². The Labute approximate surface area is 135 Å². The van der Waals surface area contributed by atoms with Crippen molar-refractivity contribution in [1.29, 1.82) is 0 Å². The molecule has 7 heteroatoms. The maximum atomic E-state index is 11.2. The van der Waals surface area contributed by atoms with Gasteiger partial charge in [0.05, 0.1) is 12.2 Å². The van der Waals surface area contributed by atoms with Crippen molar-refractivity contribution in [3.05, 3.63) is 42.5 Å². The average molecular weight is 312 g/mol. The predicted octanol–water partition coefficient (Wildman–Crippen LogP) is 1.28. The molecule has 0 bridgehead atoms. The predicted molar refractivity (Wildman–Crippen MR) is 87.2 cm³/mol. The second kappa shape index (κ2) is 7.15. The molecule has 1 fully saturated rings. The SMILES string of the molecule is NC(=O)CN1CCC[C@H](c2nccnc2Nc2ccccn2)C1. The van der Waals surface area contributed by atoms with Crippen molar-refractivity contribution in [1.82, 2.24) is 19.9 Å². The van der Waals surface area contributed by atoms with Crippen LogP contribution in [0.1, 0.15) is 24.5 Å². The monoisotopic (exact) mass is 312 g/mol. The van der Waals surface area contributed by atoms with Crippen LogP contribution in [0.15, 0.2) is 36.8 Å². The second-order valence-corrected chi connectivity index (χ2v) is 5.67. The normalized spacial score (nSPS) is 18.5. The number of amides is 1. The van der Waals surface area contributed by atoms with Crippen molar-refractivity contribution in [3.63, 3.8) is 0 Å². The summed E-state index contributed by atoms with van der Waals surface area (Å²) in [6.07, 6.45) is 7.13. The largest absolute Gasteiger partial charge is 0.369 e. The second-order valence-electron chi connectivity index (χ2n) is 5.67. The lowest BCUT2D eigenvalue weighted by Crippen LogP contribution is -2.40. The van der Waals surface area contributed by atoms with E-state index in [9.17, 15) is 4.79 Å². The Morgan fingerprint density at radius 1 is 1.26 bits per heavy atom. The fourth-order valence-corrected chi connectivity index (χ4v) is 2.94. The van der Waals surface area contributed by atoms with Crippen LogP contribution in [-0.4, -0.2) is 45.4 Å². The van der Waals surface area contributed by atoms with Gasteiger partial charge in [0, 0.05) is 31.1 Å². The van der Waals surface area contributed by atoms with Crippen molar-refractivity contribution in [2.24, 2.45) is 5.73 Å². The molecule has 3 heterocycles. The number of aromatic nitrogens is 3. The van der Waals surface area contributed by atoms with Gasteiger partial charge in [-0.25, -0.2) is 9.97 Å². The molecule has 1 amide bonds. The minimum atomic E-state index is -0.295. The summed E-state index contributed by atoms with van der Waals surface area (Å²) in [6.45, 7) is 1.95. The van der Waals surface area contributed by atoms with Crippen molar-refractivity contribution in [2.75, 3.05) is 25.0 Å². The van der Waals surface area contributed by atoms with Gasteiger partial charge in [0.15, 0.2) is 5.82 Å². The summed E-state index contributed by atoms with van der Waals surface area (Å²) >= 11 is 0. The molecule has 3 N–H and O–H groups in total. The van der Waals surface area contributed by atoms with Crippen LogP contribution in [0.3, 0.4) is 0 Å². The van der Waals surface area contributed by atoms with Crippen molar-refractivity contribution < 1.29 is 4.79 Å². The fourth-order valence-electron chi connectivity index (χ4n) is 2.94. The van der Waals surface area contributed by atoms with E-state index >= 15 is 0 Å². The number of likely N-dealkylation sites (tertiary alicyclic amines) is 1. The Morgan fingerprint density at radius 2 is 2.13 bits per heavy atom. The molecule has 1 saturated heterocycles. The lowest BCUT2D eigenvalue weighted by Gasteiger charge is -2.32. The third-order valence-electron chi connectivity index (χ3n) is 3.91. The molecule has 1 aliphatic rings. The van der Waals surface area contributed by atoms with Crippen LogP contribution in [0, 0.1) is 0 Å². The first-order valence-electron chi connectivity index (χ1n) is 7.72. The number of pyridine rings is 1. The third-order valence-corrected chi connectivity index (χ3v) is 3.91. The van der Waals surface area contributed by atoms with Gasteiger partial charge in [0.1, 0.15) is 5.82 Å². The van der Waals surface area contributed by atoms with Gasteiger partial charge in [-0.15, -0.1) is 0 Å². The highest BCUT2D eigenvalue weighted by atomic mass is 16.1. The Morgan fingerprint density at radius 3 is 2.91 bits per heavy atom. The van der Waals surface area contributed by atoms with E-state index in [-0.39, 0.29) is 11.8 Å². The summed E-state index contributed by atoms with van der Waals surface area (Å²) in [6, 6.07) is 5.67. The zero-order valence-corrected chi connectivity index (χ0v) is 12.9. The quantitative estimate of drug-likeness (QED) is 0.863. The van der Waals surface area contributed by atoms with Gasteiger partial charge < -0.3 is 11.1 Å². The molecule has 3 rings (SSSR count). The standard InChI is InChI=1S/C16H20N6O/c17-13(23)11-22-9-3-4-12(10-22)15-16(20-8-7-19-15)21-14-5-1-2-6-18-14/h1-2,5-8,12H,3-4,9-11H2,(H2,17,23)(H,18,20,21)/t12-/m0/s1. The van der Waals surface area contributed by atoms with Crippen LogP contribution in [0.4, 0.5) is 11.6 Å². The van der Waals surface area contributed by atoms with Gasteiger partial charge in [-0.1, -0.05) is 6.07 Å².